The van der Waals surface area contributed by atoms with E-state index in [1.165, 1.54) is 6.07 Å². The molecule has 1 aromatic carbocycles. The molecule has 1 saturated carbocycles. The smallest absolute Gasteiger partial charge is 0.128 e. The number of nitrogens with two attached hydrogens (primary N) is 1. The monoisotopic (exact) mass is 266 g/mol. The second-order valence-corrected chi connectivity index (χ2v) is 5.33. The molecule has 1 aliphatic rings. The van der Waals surface area contributed by atoms with Gasteiger partial charge >= 0.3 is 0 Å². The van der Waals surface area contributed by atoms with Crippen molar-refractivity contribution in [2.45, 2.75) is 51.2 Å². The van der Waals surface area contributed by atoms with Crippen molar-refractivity contribution in [3.63, 3.8) is 0 Å². The van der Waals surface area contributed by atoms with Crippen LogP contribution in [-0.4, -0.2) is 12.2 Å². The summed E-state index contributed by atoms with van der Waals surface area (Å²) in [4.78, 5) is 0. The fraction of sp³-hybridized carbons (Fsp3) is 0.600. The molecule has 0 aromatic heterocycles. The minimum absolute atomic E-state index is 0.223. The summed E-state index contributed by atoms with van der Waals surface area (Å²) in [5.41, 5.74) is 4.05. The first-order valence-corrected chi connectivity index (χ1v) is 6.99. The topological polar surface area (TPSA) is 47.3 Å². The van der Waals surface area contributed by atoms with Crippen LogP contribution in [0, 0.1) is 12.7 Å². The lowest BCUT2D eigenvalue weighted by molar-refractivity contribution is -0.0634. The summed E-state index contributed by atoms with van der Waals surface area (Å²) in [7, 11) is 0. The number of aryl methyl sites for hydroxylation is 1. The fourth-order valence-corrected chi connectivity index (χ4v) is 3.19. The minimum Gasteiger partial charge on any atom is -0.373 e. The predicted molar refractivity (Wildman–Crippen MR) is 74.0 cm³/mol. The number of nitrogens with one attached hydrogen (secondary N) is 1. The van der Waals surface area contributed by atoms with E-state index < -0.39 is 0 Å². The van der Waals surface area contributed by atoms with E-state index in [4.69, 9.17) is 10.6 Å². The number of hydrogen-bond donors (Lipinski definition) is 2. The maximum Gasteiger partial charge on any atom is 0.128 e. The van der Waals surface area contributed by atoms with Gasteiger partial charge in [0, 0.05) is 12.2 Å². The average Bonchev–Trinajstić information content (AvgIpc) is 2.84. The Balaban J connectivity index is 2.39. The summed E-state index contributed by atoms with van der Waals surface area (Å²) in [6.45, 7) is 4.55. The molecule has 4 heteroatoms. The molecule has 0 spiro atoms. The Labute approximate surface area is 114 Å². The largest absolute Gasteiger partial charge is 0.373 e. The van der Waals surface area contributed by atoms with Crippen LogP contribution in [0.25, 0.3) is 0 Å². The normalized spacial score (nSPS) is 19.6. The highest BCUT2D eigenvalue weighted by Crippen LogP contribution is 2.43. The molecule has 0 radical (unpaired) electrons. The van der Waals surface area contributed by atoms with E-state index in [1.807, 2.05) is 19.9 Å². The van der Waals surface area contributed by atoms with E-state index in [0.29, 0.717) is 12.2 Å². The Hall–Kier alpha value is -0.970. The lowest BCUT2D eigenvalue weighted by atomic mass is 9.86. The van der Waals surface area contributed by atoms with Crippen LogP contribution in [0.5, 0.6) is 0 Å². The molecular weight excluding hydrogens is 243 g/mol. The van der Waals surface area contributed by atoms with Crippen LogP contribution in [0.2, 0.25) is 0 Å². The van der Waals surface area contributed by atoms with Gasteiger partial charge in [-0.3, -0.25) is 5.84 Å². The zero-order valence-corrected chi connectivity index (χ0v) is 11.7. The van der Waals surface area contributed by atoms with Gasteiger partial charge in [0.15, 0.2) is 0 Å². The van der Waals surface area contributed by atoms with Gasteiger partial charge in [-0.25, -0.2) is 9.82 Å². The number of hydrogen-bond acceptors (Lipinski definition) is 3. The van der Waals surface area contributed by atoms with E-state index in [0.717, 1.165) is 31.2 Å². The average molecular weight is 266 g/mol. The van der Waals surface area contributed by atoms with Crippen LogP contribution >= 0.6 is 0 Å². The zero-order valence-electron chi connectivity index (χ0n) is 11.7. The molecule has 1 aromatic rings. The molecule has 1 unspecified atom stereocenters. The van der Waals surface area contributed by atoms with E-state index in [-0.39, 0.29) is 17.5 Å². The van der Waals surface area contributed by atoms with E-state index in [2.05, 4.69) is 5.43 Å². The second-order valence-electron chi connectivity index (χ2n) is 5.33. The first-order valence-electron chi connectivity index (χ1n) is 6.99. The summed E-state index contributed by atoms with van der Waals surface area (Å²) in [5, 5.41) is 0. The molecule has 1 aliphatic carbocycles. The molecule has 3 N–H and O–H groups in total. The van der Waals surface area contributed by atoms with Crippen molar-refractivity contribution in [2.24, 2.45) is 5.84 Å². The van der Waals surface area contributed by atoms with Gasteiger partial charge in [-0.15, -0.1) is 0 Å². The Morgan fingerprint density at radius 3 is 2.68 bits per heavy atom. The van der Waals surface area contributed by atoms with Crippen LogP contribution in [0.1, 0.15) is 49.8 Å². The van der Waals surface area contributed by atoms with Gasteiger partial charge in [0.05, 0.1) is 11.6 Å². The predicted octanol–water partition coefficient (Wildman–Crippen LogP) is 2.99. The highest BCUT2D eigenvalue weighted by Gasteiger charge is 2.43. The standard InChI is InChI=1S/C15H23FN2O/c1-3-19-15(8-4-5-9-15)14(18-17)12-10-11(2)6-7-13(12)16/h6-7,10,14,18H,3-5,8-9,17H2,1-2H3. The van der Waals surface area contributed by atoms with Crippen LogP contribution in [-0.2, 0) is 4.74 Å². The highest BCUT2D eigenvalue weighted by atomic mass is 19.1. The van der Waals surface area contributed by atoms with Gasteiger partial charge < -0.3 is 4.74 Å². The Morgan fingerprint density at radius 2 is 2.11 bits per heavy atom. The molecule has 0 amide bonds. The van der Waals surface area contributed by atoms with Crippen molar-refractivity contribution in [3.8, 4) is 0 Å². The summed E-state index contributed by atoms with van der Waals surface area (Å²) in [6.07, 6.45) is 4.05. The van der Waals surface area contributed by atoms with Crippen LogP contribution in [0.15, 0.2) is 18.2 Å². The lowest BCUT2D eigenvalue weighted by Crippen LogP contribution is -2.47. The van der Waals surface area contributed by atoms with Crippen molar-refractivity contribution < 1.29 is 9.13 Å². The molecule has 0 saturated heterocycles. The lowest BCUT2D eigenvalue weighted by Gasteiger charge is -2.37. The van der Waals surface area contributed by atoms with Gasteiger partial charge in [0.25, 0.3) is 0 Å². The molecule has 2 rings (SSSR count). The first-order chi connectivity index (χ1) is 9.13. The van der Waals surface area contributed by atoms with Gasteiger partial charge in [0.1, 0.15) is 5.82 Å². The van der Waals surface area contributed by atoms with E-state index in [1.54, 1.807) is 6.07 Å². The molecule has 3 nitrogen and oxygen atoms in total. The number of benzene rings is 1. The molecule has 106 valence electrons. The van der Waals surface area contributed by atoms with Crippen molar-refractivity contribution in [3.05, 3.63) is 35.1 Å². The van der Waals surface area contributed by atoms with Crippen molar-refractivity contribution in [1.82, 2.24) is 5.43 Å². The summed E-state index contributed by atoms with van der Waals surface area (Å²) >= 11 is 0. The fourth-order valence-electron chi connectivity index (χ4n) is 3.19. The van der Waals surface area contributed by atoms with Crippen molar-refractivity contribution >= 4 is 0 Å². The summed E-state index contributed by atoms with van der Waals surface area (Å²) in [6, 6.07) is 4.84. The van der Waals surface area contributed by atoms with Gasteiger partial charge in [0.2, 0.25) is 0 Å². The second kappa shape index (κ2) is 5.99. The van der Waals surface area contributed by atoms with Crippen LogP contribution < -0.4 is 11.3 Å². The third-order valence-corrected chi connectivity index (χ3v) is 4.04. The Morgan fingerprint density at radius 1 is 1.42 bits per heavy atom. The van der Waals surface area contributed by atoms with Crippen molar-refractivity contribution in [2.75, 3.05) is 6.61 Å². The summed E-state index contributed by atoms with van der Waals surface area (Å²) < 4.78 is 20.1. The third kappa shape index (κ3) is 2.81. The zero-order chi connectivity index (χ0) is 13.9. The maximum absolute atomic E-state index is 14.1. The third-order valence-electron chi connectivity index (χ3n) is 4.04. The minimum atomic E-state index is -0.377. The number of hydrazine groups is 1. The van der Waals surface area contributed by atoms with Crippen LogP contribution in [0.4, 0.5) is 4.39 Å². The molecular formula is C15H23FN2O. The quantitative estimate of drug-likeness (QED) is 0.636. The van der Waals surface area contributed by atoms with Crippen molar-refractivity contribution in [1.29, 1.82) is 0 Å². The highest BCUT2D eigenvalue weighted by molar-refractivity contribution is 5.29. The first kappa shape index (κ1) is 14.4. The number of halogens is 1. The Kier molecular flexibility index (Phi) is 4.55. The number of rotatable bonds is 5. The SMILES string of the molecule is CCOC1(C(NN)c2cc(C)ccc2F)CCCC1. The molecule has 1 atom stereocenters. The van der Waals surface area contributed by atoms with E-state index >= 15 is 0 Å². The van der Waals surface area contributed by atoms with Gasteiger partial charge in [-0.1, -0.05) is 30.5 Å². The molecule has 0 bridgehead atoms. The van der Waals surface area contributed by atoms with E-state index in [9.17, 15) is 4.39 Å². The molecule has 1 fully saturated rings. The number of ether oxygens (including phenoxy) is 1. The Bertz CT molecular complexity index is 430. The van der Waals surface area contributed by atoms with Gasteiger partial charge in [-0.2, -0.15) is 0 Å². The maximum atomic E-state index is 14.1. The van der Waals surface area contributed by atoms with Crippen LogP contribution in [0.3, 0.4) is 0 Å². The molecule has 0 heterocycles. The molecule has 19 heavy (non-hydrogen) atoms. The van der Waals surface area contributed by atoms with Gasteiger partial charge in [-0.05, 0) is 32.8 Å². The summed E-state index contributed by atoms with van der Waals surface area (Å²) in [5.74, 6) is 5.50. The molecule has 0 aliphatic heterocycles.